The summed E-state index contributed by atoms with van der Waals surface area (Å²) in [7, 11) is 0. The number of carbonyl (C=O) groups excluding carboxylic acids is 1. The van der Waals surface area contributed by atoms with Crippen molar-refractivity contribution >= 4 is 67.1 Å². The Balaban J connectivity index is 1.82. The Morgan fingerprint density at radius 3 is 2.76 bits per heavy atom. The van der Waals surface area contributed by atoms with Crippen LogP contribution >= 0.6 is 34.4 Å². The normalized spacial score (nSPS) is 20.8. The Bertz CT molecular complexity index is 1110. The first-order chi connectivity index (χ1) is 12.3. The Morgan fingerprint density at radius 2 is 1.88 bits per heavy atom. The van der Waals surface area contributed by atoms with Crippen molar-refractivity contribution in [1.82, 2.24) is 0 Å². The standard InChI is InChI=1S/C22H15IOS/c23-13-25-21(24)22-11-3-5-15(22)12-19-18-8-7-14-4-1-2-6-16(14)17(18)9-10-20(19)22/h1-10,12H,11,13H2. The average molecular weight is 454 g/mol. The van der Waals surface area contributed by atoms with E-state index in [1.165, 1.54) is 44.4 Å². The fourth-order valence-corrected chi connectivity index (χ4v) is 5.84. The van der Waals surface area contributed by atoms with E-state index < -0.39 is 5.41 Å². The molecule has 0 fully saturated rings. The molecule has 1 nitrogen and oxygen atoms in total. The van der Waals surface area contributed by atoms with Gasteiger partial charge in [0.1, 0.15) is 0 Å². The van der Waals surface area contributed by atoms with Gasteiger partial charge in [0.25, 0.3) is 0 Å². The average Bonchev–Trinajstić information content (AvgIpc) is 3.19. The molecule has 1 unspecified atom stereocenters. The number of hydrogen-bond acceptors (Lipinski definition) is 2. The van der Waals surface area contributed by atoms with Gasteiger partial charge in [0, 0.05) is 0 Å². The number of benzene rings is 3. The summed E-state index contributed by atoms with van der Waals surface area (Å²) >= 11 is 3.70. The third-order valence-corrected chi connectivity index (χ3v) is 7.13. The van der Waals surface area contributed by atoms with E-state index in [2.05, 4.69) is 89.3 Å². The van der Waals surface area contributed by atoms with Gasteiger partial charge in [-0.05, 0) is 50.7 Å². The number of carbonyl (C=O) groups is 1. The molecule has 0 amide bonds. The Kier molecular flexibility index (Phi) is 3.57. The van der Waals surface area contributed by atoms with Crippen LogP contribution in [-0.4, -0.2) is 8.87 Å². The van der Waals surface area contributed by atoms with Crippen LogP contribution in [0, 0.1) is 0 Å². The molecule has 0 radical (unpaired) electrons. The summed E-state index contributed by atoms with van der Waals surface area (Å²) in [6, 6.07) is 17.3. The maximum absolute atomic E-state index is 13.0. The lowest BCUT2D eigenvalue weighted by Crippen LogP contribution is -2.31. The molecular formula is C22H15IOS. The Morgan fingerprint density at radius 1 is 1.04 bits per heavy atom. The van der Waals surface area contributed by atoms with E-state index in [1.54, 1.807) is 0 Å². The Hall–Kier alpha value is -1.59. The van der Waals surface area contributed by atoms with Crippen LogP contribution in [-0.2, 0) is 10.2 Å². The molecule has 25 heavy (non-hydrogen) atoms. The van der Waals surface area contributed by atoms with E-state index in [9.17, 15) is 4.79 Å². The zero-order chi connectivity index (χ0) is 17.0. The van der Waals surface area contributed by atoms with Crippen molar-refractivity contribution in [3.8, 4) is 0 Å². The zero-order valence-electron chi connectivity index (χ0n) is 13.5. The van der Waals surface area contributed by atoms with Gasteiger partial charge in [-0.2, -0.15) is 0 Å². The van der Waals surface area contributed by atoms with Crippen molar-refractivity contribution in [1.29, 1.82) is 0 Å². The summed E-state index contributed by atoms with van der Waals surface area (Å²) in [6.07, 6.45) is 7.30. The minimum atomic E-state index is -0.467. The molecule has 2 aliphatic rings. The highest BCUT2D eigenvalue weighted by atomic mass is 127. The molecule has 0 spiro atoms. The van der Waals surface area contributed by atoms with Crippen LogP contribution < -0.4 is 0 Å². The van der Waals surface area contributed by atoms with E-state index in [-0.39, 0.29) is 5.12 Å². The lowest BCUT2D eigenvalue weighted by molar-refractivity contribution is -0.114. The van der Waals surface area contributed by atoms with Gasteiger partial charge in [0.05, 0.1) is 9.17 Å². The molecule has 3 heteroatoms. The van der Waals surface area contributed by atoms with Gasteiger partial charge in [-0.3, -0.25) is 4.79 Å². The van der Waals surface area contributed by atoms with Crippen LogP contribution in [0.2, 0.25) is 0 Å². The predicted octanol–water partition coefficient (Wildman–Crippen LogP) is 6.24. The molecule has 0 aromatic heterocycles. The molecule has 0 aliphatic heterocycles. The van der Waals surface area contributed by atoms with E-state index >= 15 is 0 Å². The molecule has 0 heterocycles. The summed E-state index contributed by atoms with van der Waals surface area (Å²) in [5, 5.41) is 5.32. The highest BCUT2D eigenvalue weighted by Crippen LogP contribution is 2.53. The molecule has 122 valence electrons. The first-order valence-electron chi connectivity index (χ1n) is 8.32. The number of halogens is 1. The van der Waals surface area contributed by atoms with Crippen molar-refractivity contribution in [2.45, 2.75) is 11.8 Å². The molecule has 0 saturated carbocycles. The van der Waals surface area contributed by atoms with Crippen LogP contribution in [0.5, 0.6) is 0 Å². The molecule has 0 N–H and O–H groups in total. The minimum Gasteiger partial charge on any atom is -0.286 e. The first-order valence-corrected chi connectivity index (χ1v) is 10.8. The maximum Gasteiger partial charge on any atom is 0.204 e. The second-order valence-corrected chi connectivity index (χ2v) is 9.31. The van der Waals surface area contributed by atoms with E-state index in [0.29, 0.717) is 0 Å². The van der Waals surface area contributed by atoms with Crippen molar-refractivity contribution in [3.05, 3.63) is 77.4 Å². The van der Waals surface area contributed by atoms with Gasteiger partial charge in [-0.15, -0.1) is 0 Å². The van der Waals surface area contributed by atoms with Gasteiger partial charge in [-0.25, -0.2) is 0 Å². The van der Waals surface area contributed by atoms with E-state index in [4.69, 9.17) is 0 Å². The highest BCUT2D eigenvalue weighted by Gasteiger charge is 2.48. The van der Waals surface area contributed by atoms with Gasteiger partial charge in [-0.1, -0.05) is 95.0 Å². The fourth-order valence-electron chi connectivity index (χ4n) is 4.34. The van der Waals surface area contributed by atoms with Crippen LogP contribution in [0.1, 0.15) is 17.5 Å². The SMILES string of the molecule is O=C(SCI)C12CC=CC1=Cc1c2ccc2c1ccc1ccccc12. The molecule has 3 aromatic rings. The molecule has 3 aromatic carbocycles. The van der Waals surface area contributed by atoms with E-state index in [1.807, 2.05) is 0 Å². The van der Waals surface area contributed by atoms with Gasteiger partial charge < -0.3 is 0 Å². The second-order valence-electron chi connectivity index (χ2n) is 6.56. The molecule has 1 atom stereocenters. The number of thioether (sulfide) groups is 1. The minimum absolute atomic E-state index is 0.275. The fraction of sp³-hybridized carbons (Fsp3) is 0.136. The number of fused-ring (bicyclic) bond motifs is 7. The van der Waals surface area contributed by atoms with Gasteiger partial charge in [0.15, 0.2) is 0 Å². The van der Waals surface area contributed by atoms with Crippen molar-refractivity contribution in [2.75, 3.05) is 3.76 Å². The lowest BCUT2D eigenvalue weighted by Gasteiger charge is -2.26. The van der Waals surface area contributed by atoms with Crippen LogP contribution in [0.15, 0.2) is 66.3 Å². The predicted molar refractivity (Wildman–Crippen MR) is 116 cm³/mol. The number of rotatable bonds is 2. The lowest BCUT2D eigenvalue weighted by atomic mass is 9.78. The molecule has 2 aliphatic carbocycles. The highest BCUT2D eigenvalue weighted by molar-refractivity contribution is 14.1. The second kappa shape index (κ2) is 5.71. The third-order valence-electron chi connectivity index (χ3n) is 5.48. The summed E-state index contributed by atoms with van der Waals surface area (Å²) in [4.78, 5) is 13.0. The number of allylic oxidation sites excluding steroid dienone is 3. The molecule has 0 saturated heterocycles. The number of hydrogen-bond donors (Lipinski definition) is 0. The quantitative estimate of drug-likeness (QED) is 0.259. The van der Waals surface area contributed by atoms with Gasteiger partial charge in [0.2, 0.25) is 5.12 Å². The van der Waals surface area contributed by atoms with E-state index in [0.717, 1.165) is 15.8 Å². The smallest absolute Gasteiger partial charge is 0.204 e. The first kappa shape index (κ1) is 15.6. The third kappa shape index (κ3) is 2.05. The largest absolute Gasteiger partial charge is 0.286 e. The monoisotopic (exact) mass is 454 g/mol. The zero-order valence-corrected chi connectivity index (χ0v) is 16.4. The van der Waals surface area contributed by atoms with Crippen molar-refractivity contribution in [2.24, 2.45) is 0 Å². The summed E-state index contributed by atoms with van der Waals surface area (Å²) in [5.41, 5.74) is 3.10. The Labute approximate surface area is 164 Å². The summed E-state index contributed by atoms with van der Waals surface area (Å²) in [5.74, 6) is 0. The summed E-state index contributed by atoms with van der Waals surface area (Å²) < 4.78 is 0.791. The molecule has 5 rings (SSSR count). The van der Waals surface area contributed by atoms with Gasteiger partial charge >= 0.3 is 0 Å². The van der Waals surface area contributed by atoms with Crippen LogP contribution in [0.25, 0.3) is 27.6 Å². The number of alkyl halides is 1. The molecular weight excluding hydrogens is 439 g/mol. The maximum atomic E-state index is 13.0. The summed E-state index contributed by atoms with van der Waals surface area (Å²) in [6.45, 7) is 0. The van der Waals surface area contributed by atoms with Crippen LogP contribution in [0.3, 0.4) is 0 Å². The van der Waals surface area contributed by atoms with Crippen molar-refractivity contribution < 1.29 is 4.79 Å². The molecule has 0 bridgehead atoms. The topological polar surface area (TPSA) is 17.1 Å². The van der Waals surface area contributed by atoms with Crippen molar-refractivity contribution in [3.63, 3.8) is 0 Å². The van der Waals surface area contributed by atoms with Crippen LogP contribution in [0.4, 0.5) is 0 Å².